The average molecular weight is 442 g/mol. The van der Waals surface area contributed by atoms with E-state index in [0.717, 1.165) is 44.3 Å². The maximum Gasteiger partial charge on any atom is 0.179 e. The topological polar surface area (TPSA) is 63.7 Å². The molecule has 0 atom stereocenters. The Bertz CT molecular complexity index is 1030. The van der Waals surface area contributed by atoms with Gasteiger partial charge < -0.3 is 4.74 Å². The lowest BCUT2D eigenvalue weighted by molar-refractivity contribution is -0.121. The lowest BCUT2D eigenvalue weighted by atomic mass is 9.81. The van der Waals surface area contributed by atoms with Gasteiger partial charge >= 0.3 is 0 Å². The van der Waals surface area contributed by atoms with Gasteiger partial charge in [-0.2, -0.15) is 0 Å². The molecule has 0 unspecified atom stereocenters. The Morgan fingerprint density at radius 2 is 1.68 bits per heavy atom. The molecule has 1 fully saturated rings. The van der Waals surface area contributed by atoms with E-state index in [9.17, 15) is 13.2 Å². The van der Waals surface area contributed by atoms with Crippen molar-refractivity contribution in [3.63, 3.8) is 0 Å². The molecular formula is C25H31NO4S. The third-order valence-corrected chi connectivity index (χ3v) is 7.73. The van der Waals surface area contributed by atoms with Crippen molar-refractivity contribution in [2.24, 2.45) is 11.8 Å². The highest BCUT2D eigenvalue weighted by molar-refractivity contribution is 7.90. The SMILES string of the molecule is CC(=O)C1CCC(COc2ccc(CN3Cc4ccccc4C3)cc2S(C)(=O)=O)CC1. The van der Waals surface area contributed by atoms with E-state index >= 15 is 0 Å². The number of fused-ring (bicyclic) bond motifs is 1. The molecule has 1 aliphatic heterocycles. The van der Waals surface area contributed by atoms with Crippen molar-refractivity contribution >= 4 is 15.6 Å². The number of carbonyl (C=O) groups excluding carboxylic acids is 1. The van der Waals surface area contributed by atoms with Crippen LogP contribution in [0.5, 0.6) is 5.75 Å². The summed E-state index contributed by atoms with van der Waals surface area (Å²) < 4.78 is 30.9. The second-order valence-corrected chi connectivity index (χ2v) is 11.1. The predicted molar refractivity (Wildman–Crippen MR) is 121 cm³/mol. The summed E-state index contributed by atoms with van der Waals surface area (Å²) >= 11 is 0. The zero-order chi connectivity index (χ0) is 22.0. The van der Waals surface area contributed by atoms with E-state index in [-0.39, 0.29) is 16.6 Å². The van der Waals surface area contributed by atoms with Gasteiger partial charge in [-0.1, -0.05) is 30.3 Å². The second kappa shape index (κ2) is 9.13. The van der Waals surface area contributed by atoms with Crippen LogP contribution in [-0.4, -0.2) is 32.0 Å². The summed E-state index contributed by atoms with van der Waals surface area (Å²) in [5, 5.41) is 0. The third-order valence-electron chi connectivity index (χ3n) is 6.62. The van der Waals surface area contributed by atoms with Gasteiger partial charge in [0.05, 0.1) is 6.61 Å². The number of rotatable bonds is 7. The largest absolute Gasteiger partial charge is 0.492 e. The number of hydrogen-bond donors (Lipinski definition) is 0. The molecule has 0 amide bonds. The van der Waals surface area contributed by atoms with Gasteiger partial charge in [0.1, 0.15) is 16.4 Å². The molecule has 0 aromatic heterocycles. The van der Waals surface area contributed by atoms with Crippen LogP contribution in [0.3, 0.4) is 0 Å². The summed E-state index contributed by atoms with van der Waals surface area (Å²) in [6.07, 6.45) is 4.94. The van der Waals surface area contributed by atoms with Crippen LogP contribution in [-0.2, 0) is 34.3 Å². The molecule has 1 heterocycles. The Hall–Kier alpha value is -2.18. The van der Waals surface area contributed by atoms with E-state index < -0.39 is 9.84 Å². The molecule has 2 aromatic rings. The average Bonchev–Trinajstić information content (AvgIpc) is 3.14. The Balaban J connectivity index is 1.41. The van der Waals surface area contributed by atoms with Gasteiger partial charge in [0.25, 0.3) is 0 Å². The number of sulfone groups is 1. The molecule has 5 nitrogen and oxygen atoms in total. The minimum Gasteiger partial charge on any atom is -0.492 e. The number of Topliss-reactive ketones (excluding diaryl/α,β-unsaturated/α-hetero) is 1. The predicted octanol–water partition coefficient (Wildman–Crippen LogP) is 4.38. The highest BCUT2D eigenvalue weighted by atomic mass is 32.2. The lowest BCUT2D eigenvalue weighted by Crippen LogP contribution is -2.23. The monoisotopic (exact) mass is 441 g/mol. The van der Waals surface area contributed by atoms with Crippen molar-refractivity contribution in [3.8, 4) is 5.75 Å². The van der Waals surface area contributed by atoms with E-state index in [4.69, 9.17) is 4.74 Å². The number of carbonyl (C=O) groups is 1. The minimum absolute atomic E-state index is 0.179. The first kappa shape index (κ1) is 22.0. The highest BCUT2D eigenvalue weighted by Gasteiger charge is 2.25. The van der Waals surface area contributed by atoms with Crippen LogP contribution in [0.2, 0.25) is 0 Å². The Morgan fingerprint density at radius 1 is 1.03 bits per heavy atom. The number of ether oxygens (including phenoxy) is 1. The maximum absolute atomic E-state index is 12.5. The van der Waals surface area contributed by atoms with Crippen LogP contribution in [0.15, 0.2) is 47.4 Å². The Morgan fingerprint density at radius 3 is 2.26 bits per heavy atom. The number of benzene rings is 2. The van der Waals surface area contributed by atoms with Crippen molar-refractivity contribution in [1.82, 2.24) is 4.90 Å². The molecule has 1 saturated carbocycles. The van der Waals surface area contributed by atoms with Crippen LogP contribution >= 0.6 is 0 Å². The van der Waals surface area contributed by atoms with Crippen LogP contribution in [0.1, 0.15) is 49.3 Å². The van der Waals surface area contributed by atoms with Gasteiger partial charge in [0.15, 0.2) is 9.84 Å². The highest BCUT2D eigenvalue weighted by Crippen LogP contribution is 2.32. The molecule has 2 aromatic carbocycles. The zero-order valence-electron chi connectivity index (χ0n) is 18.3. The molecule has 0 spiro atoms. The summed E-state index contributed by atoms with van der Waals surface area (Å²) in [5.74, 6) is 1.25. The Kier molecular flexibility index (Phi) is 6.49. The lowest BCUT2D eigenvalue weighted by Gasteiger charge is -2.27. The van der Waals surface area contributed by atoms with Crippen LogP contribution < -0.4 is 4.74 Å². The molecule has 0 bridgehead atoms. The molecule has 4 rings (SSSR count). The summed E-state index contributed by atoms with van der Waals surface area (Å²) in [4.78, 5) is 14.1. The van der Waals surface area contributed by atoms with E-state index in [1.54, 1.807) is 19.1 Å². The molecule has 166 valence electrons. The van der Waals surface area contributed by atoms with Gasteiger partial charge in [0.2, 0.25) is 0 Å². The molecule has 1 aliphatic carbocycles. The standard InChI is InChI=1S/C25H31NO4S/c1-18(27)21-10-7-19(8-11-21)17-30-24-12-9-20(13-25(24)31(2,28)29)14-26-15-22-5-3-4-6-23(22)16-26/h3-6,9,12-13,19,21H,7-8,10-11,14-17H2,1-2H3. The van der Waals surface area contributed by atoms with Crippen molar-refractivity contribution in [3.05, 3.63) is 59.2 Å². The zero-order valence-corrected chi connectivity index (χ0v) is 19.2. The van der Waals surface area contributed by atoms with Crippen molar-refractivity contribution in [2.75, 3.05) is 12.9 Å². The first-order valence-electron chi connectivity index (χ1n) is 11.0. The summed E-state index contributed by atoms with van der Waals surface area (Å²) in [6, 6.07) is 14.0. The van der Waals surface area contributed by atoms with E-state index in [1.165, 1.54) is 17.4 Å². The van der Waals surface area contributed by atoms with Gasteiger partial charge in [-0.05, 0) is 67.3 Å². The van der Waals surface area contributed by atoms with Crippen LogP contribution in [0, 0.1) is 11.8 Å². The van der Waals surface area contributed by atoms with E-state index in [1.807, 2.05) is 6.07 Å². The first-order chi connectivity index (χ1) is 14.8. The number of nitrogens with zero attached hydrogens (tertiary/aromatic N) is 1. The quantitative estimate of drug-likeness (QED) is 0.638. The number of ketones is 1. The normalized spacial score (nSPS) is 21.6. The fourth-order valence-corrected chi connectivity index (χ4v) is 5.63. The minimum atomic E-state index is -3.40. The fourth-order valence-electron chi connectivity index (χ4n) is 4.78. The van der Waals surface area contributed by atoms with Crippen LogP contribution in [0.4, 0.5) is 0 Å². The van der Waals surface area contributed by atoms with Gasteiger partial charge in [-0.3, -0.25) is 9.69 Å². The van der Waals surface area contributed by atoms with Crippen molar-refractivity contribution < 1.29 is 17.9 Å². The molecule has 31 heavy (non-hydrogen) atoms. The van der Waals surface area contributed by atoms with Crippen molar-refractivity contribution in [1.29, 1.82) is 0 Å². The van der Waals surface area contributed by atoms with Gasteiger partial charge in [-0.15, -0.1) is 0 Å². The van der Waals surface area contributed by atoms with Gasteiger partial charge in [0, 0.05) is 31.8 Å². The summed E-state index contributed by atoms with van der Waals surface area (Å²) in [7, 11) is -3.40. The van der Waals surface area contributed by atoms with E-state index in [0.29, 0.717) is 24.8 Å². The van der Waals surface area contributed by atoms with Crippen LogP contribution in [0.25, 0.3) is 0 Å². The first-order valence-corrected chi connectivity index (χ1v) is 12.9. The van der Waals surface area contributed by atoms with Gasteiger partial charge in [-0.25, -0.2) is 8.42 Å². The molecular weight excluding hydrogens is 410 g/mol. The molecule has 0 N–H and O–H groups in total. The molecule has 0 saturated heterocycles. The smallest absolute Gasteiger partial charge is 0.179 e. The maximum atomic E-state index is 12.5. The molecule has 6 heteroatoms. The molecule has 2 aliphatic rings. The third kappa shape index (κ3) is 5.36. The molecule has 0 radical (unpaired) electrons. The second-order valence-electron chi connectivity index (χ2n) is 9.11. The summed E-state index contributed by atoms with van der Waals surface area (Å²) in [5.41, 5.74) is 3.65. The fraction of sp³-hybridized carbons (Fsp3) is 0.480. The summed E-state index contributed by atoms with van der Waals surface area (Å²) in [6.45, 7) is 4.62. The van der Waals surface area contributed by atoms with E-state index in [2.05, 4.69) is 29.2 Å². The number of hydrogen-bond acceptors (Lipinski definition) is 5. The Labute approximate surface area is 185 Å². The van der Waals surface area contributed by atoms with Crippen molar-refractivity contribution in [2.45, 2.75) is 57.1 Å².